The van der Waals surface area contributed by atoms with Gasteiger partial charge in [0.2, 0.25) is 5.91 Å². The van der Waals surface area contributed by atoms with E-state index in [1.807, 2.05) is 36.1 Å². The first kappa shape index (κ1) is 15.4. The molecule has 0 aliphatic carbocycles. The van der Waals surface area contributed by atoms with Gasteiger partial charge in [0.15, 0.2) is 0 Å². The maximum absolute atomic E-state index is 12.1. The predicted octanol–water partition coefficient (Wildman–Crippen LogP) is 2.92. The van der Waals surface area contributed by atoms with E-state index < -0.39 is 5.92 Å². The highest BCUT2D eigenvalue weighted by Gasteiger charge is 2.25. The highest BCUT2D eigenvalue weighted by molar-refractivity contribution is 5.81. The number of aryl methyl sites for hydroxylation is 1. The fourth-order valence-electron chi connectivity index (χ4n) is 2.51. The van der Waals surface area contributed by atoms with Gasteiger partial charge >= 0.3 is 0 Å². The number of nitrogens with zero attached hydrogens (tertiary/aromatic N) is 2. The van der Waals surface area contributed by atoms with E-state index in [2.05, 4.69) is 6.07 Å². The number of amides is 1. The molecule has 1 aromatic carbocycles. The molecule has 1 aromatic rings. The number of nitriles is 1. The standard InChI is InChI=1S/C17H22N2O2/c1-14-6-8-16(9-7-14)21-12-4-5-15(13-18)17(20)19-10-2-3-11-19/h6-9,15H,2-5,10-12H2,1H3. The minimum absolute atomic E-state index is 0.00895. The quantitative estimate of drug-likeness (QED) is 0.756. The monoisotopic (exact) mass is 286 g/mol. The maximum atomic E-state index is 12.1. The molecule has 112 valence electrons. The number of carbonyl (C=O) groups excluding carboxylic acids is 1. The summed E-state index contributed by atoms with van der Waals surface area (Å²) < 4.78 is 5.63. The van der Waals surface area contributed by atoms with Gasteiger partial charge in [-0.15, -0.1) is 0 Å². The van der Waals surface area contributed by atoms with Gasteiger partial charge in [-0.25, -0.2) is 0 Å². The molecule has 1 aliphatic heterocycles. The summed E-state index contributed by atoms with van der Waals surface area (Å²) >= 11 is 0. The Kier molecular flexibility index (Phi) is 5.62. The minimum Gasteiger partial charge on any atom is -0.494 e. The molecule has 0 saturated carbocycles. The number of hydrogen-bond donors (Lipinski definition) is 0. The lowest BCUT2D eigenvalue weighted by molar-refractivity contribution is -0.132. The lowest BCUT2D eigenvalue weighted by Crippen LogP contribution is -2.33. The molecule has 0 aromatic heterocycles. The Labute approximate surface area is 126 Å². The molecule has 1 heterocycles. The molecule has 0 N–H and O–H groups in total. The summed E-state index contributed by atoms with van der Waals surface area (Å²) in [6, 6.07) is 10.0. The van der Waals surface area contributed by atoms with Crippen LogP contribution in [0.4, 0.5) is 0 Å². The summed E-state index contributed by atoms with van der Waals surface area (Å²) in [5.41, 5.74) is 1.20. The predicted molar refractivity (Wildman–Crippen MR) is 80.8 cm³/mol. The van der Waals surface area contributed by atoms with Gasteiger partial charge < -0.3 is 9.64 Å². The third-order valence-electron chi connectivity index (χ3n) is 3.80. The van der Waals surface area contributed by atoms with Crippen LogP contribution in [0.15, 0.2) is 24.3 Å². The number of carbonyl (C=O) groups is 1. The third kappa shape index (κ3) is 4.49. The van der Waals surface area contributed by atoms with E-state index in [0.29, 0.717) is 19.4 Å². The van der Waals surface area contributed by atoms with Crippen LogP contribution in [0.5, 0.6) is 5.75 Å². The number of benzene rings is 1. The summed E-state index contributed by atoms with van der Waals surface area (Å²) in [6.07, 6.45) is 3.39. The van der Waals surface area contributed by atoms with Gasteiger partial charge in [0.25, 0.3) is 0 Å². The van der Waals surface area contributed by atoms with E-state index in [-0.39, 0.29) is 5.91 Å². The summed E-state index contributed by atoms with van der Waals surface area (Å²) in [5, 5.41) is 9.17. The molecule has 1 atom stereocenters. The zero-order valence-corrected chi connectivity index (χ0v) is 12.5. The first-order valence-electron chi connectivity index (χ1n) is 7.58. The van der Waals surface area contributed by atoms with Crippen molar-refractivity contribution in [3.8, 4) is 11.8 Å². The average Bonchev–Trinajstić information content (AvgIpc) is 3.03. The van der Waals surface area contributed by atoms with Crippen molar-refractivity contribution in [3.05, 3.63) is 29.8 Å². The smallest absolute Gasteiger partial charge is 0.239 e. The molecule has 1 aliphatic rings. The van der Waals surface area contributed by atoms with E-state index in [9.17, 15) is 4.79 Å². The Morgan fingerprint density at radius 2 is 2.00 bits per heavy atom. The SMILES string of the molecule is Cc1ccc(OCCCC(C#N)C(=O)N2CCCC2)cc1. The summed E-state index contributed by atoms with van der Waals surface area (Å²) in [5.74, 6) is 0.301. The third-order valence-corrected chi connectivity index (χ3v) is 3.80. The van der Waals surface area contributed by atoms with Gasteiger partial charge in [-0.3, -0.25) is 4.79 Å². The molecule has 0 spiro atoms. The fraction of sp³-hybridized carbons (Fsp3) is 0.529. The van der Waals surface area contributed by atoms with Crippen molar-refractivity contribution in [1.82, 2.24) is 4.90 Å². The molecule has 2 rings (SSSR count). The van der Waals surface area contributed by atoms with Crippen molar-refractivity contribution in [1.29, 1.82) is 5.26 Å². The van der Waals surface area contributed by atoms with E-state index in [4.69, 9.17) is 10.00 Å². The van der Waals surface area contributed by atoms with Crippen LogP contribution in [0, 0.1) is 24.2 Å². The Bertz CT molecular complexity index is 499. The zero-order chi connectivity index (χ0) is 15.1. The second-order valence-electron chi connectivity index (χ2n) is 5.52. The summed E-state index contributed by atoms with van der Waals surface area (Å²) in [4.78, 5) is 14.0. The molecule has 0 radical (unpaired) electrons. The molecule has 1 saturated heterocycles. The molecule has 1 fully saturated rings. The van der Waals surface area contributed by atoms with Crippen molar-refractivity contribution in [2.45, 2.75) is 32.6 Å². The number of hydrogen-bond acceptors (Lipinski definition) is 3. The molecular formula is C17H22N2O2. The molecule has 1 amide bonds. The summed E-state index contributed by atoms with van der Waals surface area (Å²) in [6.45, 7) is 4.17. The number of likely N-dealkylation sites (tertiary alicyclic amines) is 1. The van der Waals surface area contributed by atoms with Crippen LogP contribution in [0.25, 0.3) is 0 Å². The van der Waals surface area contributed by atoms with Gasteiger partial charge in [0.05, 0.1) is 12.7 Å². The van der Waals surface area contributed by atoms with Gasteiger partial charge in [-0.05, 0) is 44.7 Å². The van der Waals surface area contributed by atoms with Gasteiger partial charge in [-0.1, -0.05) is 17.7 Å². The normalized spacial score (nSPS) is 15.5. The Morgan fingerprint density at radius 1 is 1.33 bits per heavy atom. The van der Waals surface area contributed by atoms with Crippen LogP contribution in [-0.4, -0.2) is 30.5 Å². The first-order chi connectivity index (χ1) is 10.2. The molecule has 21 heavy (non-hydrogen) atoms. The van der Waals surface area contributed by atoms with E-state index in [0.717, 1.165) is 31.7 Å². The molecule has 0 bridgehead atoms. The van der Waals surface area contributed by atoms with Gasteiger partial charge in [-0.2, -0.15) is 5.26 Å². The maximum Gasteiger partial charge on any atom is 0.239 e. The zero-order valence-electron chi connectivity index (χ0n) is 12.5. The van der Waals surface area contributed by atoms with Crippen LogP contribution in [-0.2, 0) is 4.79 Å². The molecule has 4 nitrogen and oxygen atoms in total. The highest BCUT2D eigenvalue weighted by atomic mass is 16.5. The number of rotatable bonds is 6. The second kappa shape index (κ2) is 7.68. The van der Waals surface area contributed by atoms with Crippen LogP contribution >= 0.6 is 0 Å². The topological polar surface area (TPSA) is 53.3 Å². The van der Waals surface area contributed by atoms with Crippen molar-refractivity contribution in [2.24, 2.45) is 5.92 Å². The lowest BCUT2D eigenvalue weighted by atomic mass is 10.0. The largest absolute Gasteiger partial charge is 0.494 e. The van der Waals surface area contributed by atoms with Crippen LogP contribution < -0.4 is 4.74 Å². The van der Waals surface area contributed by atoms with Crippen LogP contribution in [0.2, 0.25) is 0 Å². The fourth-order valence-corrected chi connectivity index (χ4v) is 2.51. The lowest BCUT2D eigenvalue weighted by Gasteiger charge is -2.18. The van der Waals surface area contributed by atoms with Crippen LogP contribution in [0.3, 0.4) is 0 Å². The number of ether oxygens (including phenoxy) is 1. The van der Waals surface area contributed by atoms with E-state index >= 15 is 0 Å². The van der Waals surface area contributed by atoms with Crippen molar-refractivity contribution in [3.63, 3.8) is 0 Å². The van der Waals surface area contributed by atoms with Crippen molar-refractivity contribution in [2.75, 3.05) is 19.7 Å². The van der Waals surface area contributed by atoms with Gasteiger partial charge in [0.1, 0.15) is 11.7 Å². The average molecular weight is 286 g/mol. The molecular weight excluding hydrogens is 264 g/mol. The second-order valence-corrected chi connectivity index (χ2v) is 5.52. The molecule has 1 unspecified atom stereocenters. The van der Waals surface area contributed by atoms with Crippen molar-refractivity contribution < 1.29 is 9.53 Å². The Hall–Kier alpha value is -2.02. The Morgan fingerprint density at radius 3 is 2.62 bits per heavy atom. The Balaban J connectivity index is 1.72. The summed E-state index contributed by atoms with van der Waals surface area (Å²) in [7, 11) is 0. The minimum atomic E-state index is -0.523. The van der Waals surface area contributed by atoms with Crippen molar-refractivity contribution >= 4 is 5.91 Å². The van der Waals surface area contributed by atoms with E-state index in [1.54, 1.807) is 0 Å². The first-order valence-corrected chi connectivity index (χ1v) is 7.58. The van der Waals surface area contributed by atoms with Crippen LogP contribution in [0.1, 0.15) is 31.2 Å². The van der Waals surface area contributed by atoms with Gasteiger partial charge in [0, 0.05) is 13.1 Å². The highest BCUT2D eigenvalue weighted by Crippen LogP contribution is 2.16. The molecule has 4 heteroatoms. The van der Waals surface area contributed by atoms with E-state index in [1.165, 1.54) is 5.56 Å².